The van der Waals surface area contributed by atoms with Gasteiger partial charge in [0.15, 0.2) is 0 Å². The van der Waals surface area contributed by atoms with E-state index in [1.54, 1.807) is 0 Å². The first-order valence-electron chi connectivity index (χ1n) is 12.5. The van der Waals surface area contributed by atoms with E-state index in [2.05, 4.69) is 48.9 Å². The van der Waals surface area contributed by atoms with Gasteiger partial charge in [-0.1, -0.05) is 35.4 Å². The van der Waals surface area contributed by atoms with Gasteiger partial charge in [-0.15, -0.1) is 11.6 Å². The van der Waals surface area contributed by atoms with Gasteiger partial charge in [0.1, 0.15) is 0 Å². The van der Waals surface area contributed by atoms with E-state index in [1.165, 1.54) is 35.1 Å². The molecular formula is C28H42ClN4NaO3. The maximum atomic E-state index is 11.6. The molecule has 0 bridgehead atoms. The van der Waals surface area contributed by atoms with Crippen LogP contribution in [0, 0.1) is 41.5 Å². The number of aryl methyl sites for hydroxylation is 6. The monoisotopic (exact) mass is 540 g/mol. The molecule has 0 aliphatic carbocycles. The molecule has 7 nitrogen and oxygen atoms in total. The molecule has 9 heteroatoms. The van der Waals surface area contributed by atoms with Crippen LogP contribution < -0.4 is 50.4 Å². The standard InChI is InChI=1S/C12H17ClN2O.C12H16N2O.C4H8O.Na.H/c1-8-6-9(2)11(10(3)7-8)15-12(16)14-5-4-13;1-8-6-9(2)11(10(3)7-8)14-5-4-13-12(14)15;1-2-4-5-3-1;;/h6-7H,4-5H2,1-3H3,(H2,14,15,16);6-7H,4-5H2,1-3H3,(H,13,15);1-4H2;;/q;;;+1;-1. The van der Waals surface area contributed by atoms with Crippen LogP contribution in [-0.4, -0.2) is 50.8 Å². The van der Waals surface area contributed by atoms with Crippen LogP contribution in [-0.2, 0) is 4.74 Å². The van der Waals surface area contributed by atoms with Crippen molar-refractivity contribution in [2.45, 2.75) is 54.4 Å². The number of carbonyl (C=O) groups excluding carboxylic acids is 2. The topological polar surface area (TPSA) is 82.7 Å². The predicted molar refractivity (Wildman–Crippen MR) is 151 cm³/mol. The first-order chi connectivity index (χ1) is 17.1. The molecule has 0 unspecified atom stereocenters. The van der Waals surface area contributed by atoms with Crippen LogP contribution in [0.5, 0.6) is 0 Å². The molecule has 0 atom stereocenters. The molecule has 2 saturated heterocycles. The maximum absolute atomic E-state index is 11.6. The molecule has 0 radical (unpaired) electrons. The number of alkyl halides is 1. The third kappa shape index (κ3) is 10.9. The average Bonchev–Trinajstić information content (AvgIpc) is 3.50. The van der Waals surface area contributed by atoms with Crippen LogP contribution in [0.1, 0.15) is 47.6 Å². The average molecular weight is 541 g/mol. The third-order valence-corrected chi connectivity index (χ3v) is 6.07. The number of hydrogen-bond donors (Lipinski definition) is 3. The van der Waals surface area contributed by atoms with Gasteiger partial charge < -0.3 is 22.1 Å². The van der Waals surface area contributed by atoms with E-state index in [0.717, 1.165) is 48.8 Å². The summed E-state index contributed by atoms with van der Waals surface area (Å²) in [6.07, 6.45) is 2.56. The SMILES string of the molecule is C1CCOC1.Cc1cc(C)c(N2CCNC2=O)c(C)c1.Cc1cc(C)c(NC(=O)NCCCl)c(C)c1.[H-].[Na+]. The van der Waals surface area contributed by atoms with Crippen LogP contribution in [0.2, 0.25) is 0 Å². The molecule has 2 aromatic rings. The first kappa shape index (κ1) is 33.3. The van der Waals surface area contributed by atoms with Crippen molar-refractivity contribution >= 4 is 35.0 Å². The van der Waals surface area contributed by atoms with E-state index < -0.39 is 0 Å². The number of rotatable bonds is 4. The van der Waals surface area contributed by atoms with Gasteiger partial charge in [-0.25, -0.2) is 9.59 Å². The molecule has 3 N–H and O–H groups in total. The number of carbonyl (C=O) groups is 2. The molecule has 37 heavy (non-hydrogen) atoms. The minimum Gasteiger partial charge on any atom is -1.00 e. The Morgan fingerprint density at radius 3 is 1.89 bits per heavy atom. The van der Waals surface area contributed by atoms with Gasteiger partial charge in [0, 0.05) is 44.4 Å². The predicted octanol–water partition coefficient (Wildman–Crippen LogP) is 3.03. The van der Waals surface area contributed by atoms with Gasteiger partial charge in [-0.3, -0.25) is 4.90 Å². The van der Waals surface area contributed by atoms with E-state index >= 15 is 0 Å². The van der Waals surface area contributed by atoms with Crippen LogP contribution >= 0.6 is 11.6 Å². The Morgan fingerprint density at radius 2 is 1.49 bits per heavy atom. The number of hydrogen-bond acceptors (Lipinski definition) is 3. The van der Waals surface area contributed by atoms with E-state index in [1.807, 2.05) is 37.8 Å². The summed E-state index contributed by atoms with van der Waals surface area (Å²) in [5, 5.41) is 8.32. The van der Waals surface area contributed by atoms with E-state index in [-0.39, 0.29) is 43.0 Å². The smallest absolute Gasteiger partial charge is 1.00 e. The van der Waals surface area contributed by atoms with Gasteiger partial charge in [0.25, 0.3) is 0 Å². The Bertz CT molecular complexity index is 997. The zero-order valence-corrected chi connectivity index (χ0v) is 26.3. The molecule has 200 valence electrons. The second-order valence-electron chi connectivity index (χ2n) is 9.29. The second kappa shape index (κ2) is 16.9. The summed E-state index contributed by atoms with van der Waals surface area (Å²) in [4.78, 5) is 24.9. The molecule has 4 amide bonds. The molecule has 2 aliphatic rings. The van der Waals surface area contributed by atoms with Crippen LogP contribution in [0.15, 0.2) is 24.3 Å². The third-order valence-electron chi connectivity index (χ3n) is 5.89. The summed E-state index contributed by atoms with van der Waals surface area (Å²) in [5.74, 6) is 0.416. The zero-order valence-electron chi connectivity index (χ0n) is 24.5. The number of nitrogens with zero attached hydrogens (tertiary/aromatic N) is 1. The molecular weight excluding hydrogens is 499 g/mol. The van der Waals surface area contributed by atoms with Crippen molar-refractivity contribution in [2.24, 2.45) is 0 Å². The first-order valence-corrected chi connectivity index (χ1v) is 13.1. The van der Waals surface area contributed by atoms with Crippen LogP contribution in [0.4, 0.5) is 21.0 Å². The number of anilines is 2. The molecule has 0 aromatic heterocycles. The Kier molecular flexibility index (Phi) is 15.2. The van der Waals surface area contributed by atoms with Crippen LogP contribution in [0.3, 0.4) is 0 Å². The summed E-state index contributed by atoms with van der Waals surface area (Å²) in [6.45, 7) is 16.2. The summed E-state index contributed by atoms with van der Waals surface area (Å²) in [7, 11) is 0. The minimum atomic E-state index is -0.212. The van der Waals surface area contributed by atoms with E-state index in [0.29, 0.717) is 12.4 Å². The summed E-state index contributed by atoms with van der Waals surface area (Å²) in [5.41, 5.74) is 8.86. The van der Waals surface area contributed by atoms with E-state index in [9.17, 15) is 9.59 Å². The van der Waals surface area contributed by atoms with Gasteiger partial charge in [-0.2, -0.15) is 0 Å². The Labute approximate surface area is 250 Å². The molecule has 2 aromatic carbocycles. The van der Waals surface area contributed by atoms with Gasteiger partial charge in [0.05, 0.1) is 5.69 Å². The van der Waals surface area contributed by atoms with Crippen molar-refractivity contribution < 1.29 is 45.3 Å². The molecule has 4 rings (SSSR count). The van der Waals surface area contributed by atoms with E-state index in [4.69, 9.17) is 16.3 Å². The number of urea groups is 2. The summed E-state index contributed by atoms with van der Waals surface area (Å²) in [6, 6.07) is 8.14. The molecule has 2 aliphatic heterocycles. The Morgan fingerprint density at radius 1 is 0.973 bits per heavy atom. The van der Waals surface area contributed by atoms with Gasteiger partial charge in [-0.05, 0) is 76.6 Å². The minimum absolute atomic E-state index is 0. The quantitative estimate of drug-likeness (QED) is 0.412. The van der Waals surface area contributed by atoms with Gasteiger partial charge in [0.2, 0.25) is 0 Å². The van der Waals surface area contributed by atoms with Crippen molar-refractivity contribution in [3.05, 3.63) is 57.6 Å². The number of benzene rings is 2. The fraction of sp³-hybridized carbons (Fsp3) is 0.500. The van der Waals surface area contributed by atoms with Crippen molar-refractivity contribution in [1.29, 1.82) is 0 Å². The van der Waals surface area contributed by atoms with Crippen LogP contribution in [0.25, 0.3) is 0 Å². The molecule has 2 heterocycles. The van der Waals surface area contributed by atoms with Crippen molar-refractivity contribution in [1.82, 2.24) is 10.6 Å². The Hall–Kier alpha value is -1.77. The zero-order chi connectivity index (χ0) is 26.7. The molecule has 0 spiro atoms. The number of amides is 4. The molecule has 0 saturated carbocycles. The number of ether oxygens (including phenoxy) is 1. The fourth-order valence-electron chi connectivity index (χ4n) is 4.49. The summed E-state index contributed by atoms with van der Waals surface area (Å²) < 4.78 is 4.94. The second-order valence-corrected chi connectivity index (χ2v) is 9.67. The Balaban J connectivity index is 0.000000583. The molecule has 2 fully saturated rings. The van der Waals surface area contributed by atoms with Gasteiger partial charge >= 0.3 is 41.6 Å². The van der Waals surface area contributed by atoms with Crippen molar-refractivity contribution in [2.75, 3.05) is 48.9 Å². The maximum Gasteiger partial charge on any atom is 1.00 e. The number of halogens is 1. The van der Waals surface area contributed by atoms with Crippen molar-refractivity contribution in [3.8, 4) is 0 Å². The fourth-order valence-corrected chi connectivity index (χ4v) is 4.58. The van der Waals surface area contributed by atoms with Crippen molar-refractivity contribution in [3.63, 3.8) is 0 Å². The largest absolute Gasteiger partial charge is 1.00 e. The summed E-state index contributed by atoms with van der Waals surface area (Å²) >= 11 is 5.49. The normalized spacial score (nSPS) is 13.9. The number of nitrogens with one attached hydrogen (secondary N) is 3.